The molecule has 1 heterocycles. The molecule has 0 bridgehead atoms. The Morgan fingerprint density at radius 1 is 1.25 bits per heavy atom. The molecule has 2 rings (SSSR count). The van der Waals surface area contributed by atoms with Crippen molar-refractivity contribution in [3.05, 3.63) is 35.9 Å². The standard InChI is InChI=1S/C14H21NO/c1-11(13-6-4-3-5-7-13)15-9-8-14(10-15)12(2)16/h3-7,11-12,14,16H,8-10H2,1-2H3. The van der Waals surface area contributed by atoms with Gasteiger partial charge in [-0.25, -0.2) is 0 Å². The fourth-order valence-corrected chi connectivity index (χ4v) is 2.50. The number of aliphatic hydroxyl groups excluding tert-OH is 1. The predicted molar refractivity (Wildman–Crippen MR) is 66.2 cm³/mol. The summed E-state index contributed by atoms with van der Waals surface area (Å²) in [6, 6.07) is 11.1. The van der Waals surface area contributed by atoms with Crippen LogP contribution in [0.4, 0.5) is 0 Å². The quantitative estimate of drug-likeness (QED) is 0.844. The first kappa shape index (κ1) is 11.6. The first-order chi connectivity index (χ1) is 7.68. The van der Waals surface area contributed by atoms with Gasteiger partial charge in [0, 0.05) is 12.6 Å². The lowest BCUT2D eigenvalue weighted by Crippen LogP contribution is -2.26. The van der Waals surface area contributed by atoms with Crippen LogP contribution in [-0.4, -0.2) is 29.2 Å². The van der Waals surface area contributed by atoms with Crippen LogP contribution in [0.25, 0.3) is 0 Å². The molecule has 2 nitrogen and oxygen atoms in total. The molecule has 1 aromatic carbocycles. The zero-order valence-electron chi connectivity index (χ0n) is 10.1. The summed E-state index contributed by atoms with van der Waals surface area (Å²) in [5.41, 5.74) is 1.37. The van der Waals surface area contributed by atoms with Gasteiger partial charge in [0.05, 0.1) is 6.10 Å². The highest BCUT2D eigenvalue weighted by Gasteiger charge is 2.29. The Labute approximate surface area is 97.9 Å². The minimum absolute atomic E-state index is 0.173. The van der Waals surface area contributed by atoms with Gasteiger partial charge in [0.1, 0.15) is 0 Å². The Hall–Kier alpha value is -0.860. The third-order valence-corrected chi connectivity index (χ3v) is 3.77. The van der Waals surface area contributed by atoms with Gasteiger partial charge in [-0.3, -0.25) is 4.90 Å². The molecule has 1 saturated heterocycles. The van der Waals surface area contributed by atoms with Crippen molar-refractivity contribution in [1.29, 1.82) is 0 Å². The van der Waals surface area contributed by atoms with Crippen molar-refractivity contribution < 1.29 is 5.11 Å². The molecule has 3 atom stereocenters. The van der Waals surface area contributed by atoms with Crippen LogP contribution in [0.5, 0.6) is 0 Å². The molecule has 16 heavy (non-hydrogen) atoms. The van der Waals surface area contributed by atoms with Crippen molar-refractivity contribution in [2.75, 3.05) is 13.1 Å². The summed E-state index contributed by atoms with van der Waals surface area (Å²) < 4.78 is 0. The maximum atomic E-state index is 9.60. The van der Waals surface area contributed by atoms with Crippen LogP contribution in [0.3, 0.4) is 0 Å². The molecular weight excluding hydrogens is 198 g/mol. The van der Waals surface area contributed by atoms with E-state index < -0.39 is 0 Å². The summed E-state index contributed by atoms with van der Waals surface area (Å²) in [7, 11) is 0. The zero-order valence-corrected chi connectivity index (χ0v) is 10.1. The van der Waals surface area contributed by atoms with E-state index in [1.165, 1.54) is 5.56 Å². The highest BCUT2D eigenvalue weighted by Crippen LogP contribution is 2.28. The number of rotatable bonds is 3. The average molecular weight is 219 g/mol. The van der Waals surface area contributed by atoms with Crippen LogP contribution in [0.15, 0.2) is 30.3 Å². The van der Waals surface area contributed by atoms with Gasteiger partial charge in [0.15, 0.2) is 0 Å². The molecule has 1 aromatic rings. The molecule has 0 radical (unpaired) electrons. The largest absolute Gasteiger partial charge is 0.393 e. The van der Waals surface area contributed by atoms with Gasteiger partial charge in [-0.2, -0.15) is 0 Å². The van der Waals surface area contributed by atoms with Gasteiger partial charge in [0.2, 0.25) is 0 Å². The molecule has 1 N–H and O–H groups in total. The lowest BCUT2D eigenvalue weighted by atomic mass is 10.0. The van der Waals surface area contributed by atoms with E-state index in [4.69, 9.17) is 0 Å². The smallest absolute Gasteiger partial charge is 0.0552 e. The van der Waals surface area contributed by atoms with E-state index in [2.05, 4.69) is 42.2 Å². The maximum absolute atomic E-state index is 9.60. The van der Waals surface area contributed by atoms with Crippen LogP contribution in [-0.2, 0) is 0 Å². The highest BCUT2D eigenvalue weighted by molar-refractivity contribution is 5.18. The van der Waals surface area contributed by atoms with Crippen molar-refractivity contribution in [1.82, 2.24) is 4.90 Å². The second kappa shape index (κ2) is 4.98. The Bertz CT molecular complexity index is 323. The van der Waals surface area contributed by atoms with Gasteiger partial charge in [-0.1, -0.05) is 30.3 Å². The fourth-order valence-electron chi connectivity index (χ4n) is 2.50. The van der Waals surface area contributed by atoms with Gasteiger partial charge in [0.25, 0.3) is 0 Å². The summed E-state index contributed by atoms with van der Waals surface area (Å²) in [4.78, 5) is 2.46. The SMILES string of the molecule is CC(O)C1CCN(C(C)c2ccccc2)C1. The Morgan fingerprint density at radius 3 is 2.50 bits per heavy atom. The monoisotopic (exact) mass is 219 g/mol. The van der Waals surface area contributed by atoms with Crippen LogP contribution in [0.2, 0.25) is 0 Å². The Balaban J connectivity index is 2.00. The van der Waals surface area contributed by atoms with Crippen LogP contribution in [0, 0.1) is 5.92 Å². The first-order valence-corrected chi connectivity index (χ1v) is 6.15. The molecule has 3 unspecified atom stereocenters. The minimum Gasteiger partial charge on any atom is -0.393 e. The Morgan fingerprint density at radius 2 is 1.94 bits per heavy atom. The van der Waals surface area contributed by atoms with Crippen molar-refractivity contribution in [2.24, 2.45) is 5.92 Å². The molecule has 0 saturated carbocycles. The summed E-state index contributed by atoms with van der Waals surface area (Å²) in [6.07, 6.45) is 0.947. The zero-order chi connectivity index (χ0) is 11.5. The average Bonchev–Trinajstić information content (AvgIpc) is 2.78. The molecule has 1 fully saturated rings. The highest BCUT2D eigenvalue weighted by atomic mass is 16.3. The number of hydrogen-bond donors (Lipinski definition) is 1. The maximum Gasteiger partial charge on any atom is 0.0552 e. The third-order valence-electron chi connectivity index (χ3n) is 3.77. The minimum atomic E-state index is -0.173. The number of benzene rings is 1. The van der Waals surface area contributed by atoms with E-state index in [1.807, 2.05) is 6.92 Å². The number of nitrogens with zero attached hydrogens (tertiary/aromatic N) is 1. The molecule has 88 valence electrons. The van der Waals surface area contributed by atoms with Gasteiger partial charge >= 0.3 is 0 Å². The second-order valence-corrected chi connectivity index (χ2v) is 4.87. The lowest BCUT2D eigenvalue weighted by Gasteiger charge is -2.25. The molecule has 1 aliphatic heterocycles. The van der Waals surface area contributed by atoms with E-state index in [0.29, 0.717) is 12.0 Å². The number of aliphatic hydroxyl groups is 1. The van der Waals surface area contributed by atoms with Gasteiger partial charge in [-0.05, 0) is 38.3 Å². The Kier molecular flexibility index (Phi) is 3.62. The van der Waals surface area contributed by atoms with Crippen molar-refractivity contribution in [2.45, 2.75) is 32.4 Å². The van der Waals surface area contributed by atoms with Crippen LogP contribution >= 0.6 is 0 Å². The first-order valence-electron chi connectivity index (χ1n) is 6.15. The van der Waals surface area contributed by atoms with E-state index in [9.17, 15) is 5.11 Å². The van der Waals surface area contributed by atoms with E-state index in [0.717, 1.165) is 19.5 Å². The third kappa shape index (κ3) is 2.45. The second-order valence-electron chi connectivity index (χ2n) is 4.87. The van der Waals surface area contributed by atoms with Crippen LogP contribution in [0.1, 0.15) is 31.9 Å². The van der Waals surface area contributed by atoms with Crippen molar-refractivity contribution in [3.63, 3.8) is 0 Å². The fraction of sp³-hybridized carbons (Fsp3) is 0.571. The summed E-state index contributed by atoms with van der Waals surface area (Å²) >= 11 is 0. The topological polar surface area (TPSA) is 23.5 Å². The molecule has 1 aliphatic rings. The molecular formula is C14H21NO. The summed E-state index contributed by atoms with van der Waals surface area (Å²) in [5, 5.41) is 9.60. The number of hydrogen-bond acceptors (Lipinski definition) is 2. The van der Waals surface area contributed by atoms with Crippen molar-refractivity contribution >= 4 is 0 Å². The van der Waals surface area contributed by atoms with Crippen molar-refractivity contribution in [3.8, 4) is 0 Å². The predicted octanol–water partition coefficient (Wildman–Crippen LogP) is 2.45. The number of likely N-dealkylation sites (tertiary alicyclic amines) is 1. The van der Waals surface area contributed by atoms with E-state index >= 15 is 0 Å². The summed E-state index contributed by atoms with van der Waals surface area (Å²) in [6.45, 7) is 6.28. The van der Waals surface area contributed by atoms with Crippen LogP contribution < -0.4 is 0 Å². The van der Waals surface area contributed by atoms with Gasteiger partial charge in [-0.15, -0.1) is 0 Å². The normalized spacial score (nSPS) is 25.6. The molecule has 0 aromatic heterocycles. The summed E-state index contributed by atoms with van der Waals surface area (Å²) in [5.74, 6) is 0.450. The molecule has 0 amide bonds. The molecule has 0 spiro atoms. The lowest BCUT2D eigenvalue weighted by molar-refractivity contribution is 0.123. The molecule has 0 aliphatic carbocycles. The molecule has 2 heteroatoms. The van der Waals surface area contributed by atoms with E-state index in [1.54, 1.807) is 0 Å². The van der Waals surface area contributed by atoms with Gasteiger partial charge < -0.3 is 5.11 Å². The van der Waals surface area contributed by atoms with E-state index in [-0.39, 0.29) is 6.10 Å².